The topological polar surface area (TPSA) is 46.5 Å². The minimum atomic E-state index is -0.361. The second-order valence-electron chi connectivity index (χ2n) is 7.79. The summed E-state index contributed by atoms with van der Waals surface area (Å²) in [5, 5.41) is 10.2. The van der Waals surface area contributed by atoms with Crippen molar-refractivity contribution in [3.05, 3.63) is 12.2 Å². The minimum Gasteiger partial charge on any atom is -0.465 e. The maximum absolute atomic E-state index is 11.2. The number of rotatable bonds is 2. The zero-order valence-corrected chi connectivity index (χ0v) is 12.8. The predicted octanol–water partition coefficient (Wildman–Crippen LogP) is 2.93. The van der Waals surface area contributed by atoms with Crippen molar-refractivity contribution in [2.24, 2.45) is 28.6 Å². The molecule has 112 valence electrons. The first-order valence-electron chi connectivity index (χ1n) is 7.80. The van der Waals surface area contributed by atoms with Gasteiger partial charge in [-0.1, -0.05) is 26.8 Å². The molecule has 3 heteroatoms. The van der Waals surface area contributed by atoms with Crippen LogP contribution in [0.4, 0.5) is 0 Å². The Morgan fingerprint density at radius 1 is 1.45 bits per heavy atom. The van der Waals surface area contributed by atoms with Crippen molar-refractivity contribution in [1.29, 1.82) is 0 Å². The Morgan fingerprint density at radius 3 is 2.75 bits per heavy atom. The van der Waals surface area contributed by atoms with Crippen LogP contribution in [-0.2, 0) is 9.53 Å². The molecule has 0 saturated heterocycles. The Hall–Kier alpha value is -0.830. The summed E-state index contributed by atoms with van der Waals surface area (Å²) in [6.45, 7) is 10.9. The van der Waals surface area contributed by atoms with Gasteiger partial charge in [0.15, 0.2) is 0 Å². The largest absolute Gasteiger partial charge is 0.465 e. The molecule has 4 rings (SSSR count). The quantitative estimate of drug-likeness (QED) is 0.624. The standard InChI is InChI=1S/C17H26O3/c1-10-13(19)8-12-15-14(10)17(12,9-20-11(2)18)7-5-6-16(15,3)4/h12-15,19H,1,5-9H2,2-4H3/t12-,13+,14+,15-,17?/m0/s1. The fraction of sp³-hybridized carbons (Fsp3) is 0.824. The summed E-state index contributed by atoms with van der Waals surface area (Å²) >= 11 is 0. The van der Waals surface area contributed by atoms with Gasteiger partial charge in [0.2, 0.25) is 0 Å². The van der Waals surface area contributed by atoms with Crippen LogP contribution in [0.3, 0.4) is 0 Å². The number of ether oxygens (including phenoxy) is 1. The van der Waals surface area contributed by atoms with E-state index in [4.69, 9.17) is 4.74 Å². The summed E-state index contributed by atoms with van der Waals surface area (Å²) in [4.78, 5) is 11.2. The van der Waals surface area contributed by atoms with E-state index in [0.717, 1.165) is 18.4 Å². The lowest BCUT2D eigenvalue weighted by atomic mass is 9.36. The molecule has 0 aliphatic heterocycles. The van der Waals surface area contributed by atoms with Gasteiger partial charge in [-0.3, -0.25) is 4.79 Å². The third-order valence-electron chi connectivity index (χ3n) is 6.36. The average Bonchev–Trinajstić information content (AvgIpc) is 2.53. The Bertz CT molecular complexity index is 453. The molecule has 4 aliphatic rings. The van der Waals surface area contributed by atoms with Crippen LogP contribution in [0.1, 0.15) is 46.5 Å². The third kappa shape index (κ3) is 1.71. The number of aliphatic hydroxyl groups is 1. The van der Waals surface area contributed by atoms with Gasteiger partial charge in [0.25, 0.3) is 0 Å². The second kappa shape index (κ2) is 4.33. The number of aliphatic hydroxyl groups excluding tert-OH is 1. The summed E-state index contributed by atoms with van der Waals surface area (Å²) in [6, 6.07) is 0. The fourth-order valence-corrected chi connectivity index (χ4v) is 5.52. The summed E-state index contributed by atoms with van der Waals surface area (Å²) in [5.74, 6) is 1.20. The Morgan fingerprint density at radius 2 is 2.15 bits per heavy atom. The maximum Gasteiger partial charge on any atom is 0.302 e. The number of carbonyl (C=O) groups is 1. The van der Waals surface area contributed by atoms with Crippen LogP contribution in [0.15, 0.2) is 12.2 Å². The SMILES string of the molecule is C=C1[C@H](O)C[C@H]2[C@H]3[C@@H]1C2(COC(C)=O)CCCC3(C)C. The highest BCUT2D eigenvalue weighted by Crippen LogP contribution is 2.73. The van der Waals surface area contributed by atoms with Gasteiger partial charge < -0.3 is 9.84 Å². The molecule has 4 aliphatic carbocycles. The first kappa shape index (κ1) is 14.1. The number of esters is 1. The van der Waals surface area contributed by atoms with Crippen LogP contribution >= 0.6 is 0 Å². The molecule has 0 aromatic rings. The van der Waals surface area contributed by atoms with Crippen molar-refractivity contribution in [3.63, 3.8) is 0 Å². The normalized spacial score (nSPS) is 45.3. The van der Waals surface area contributed by atoms with E-state index < -0.39 is 0 Å². The van der Waals surface area contributed by atoms with Crippen LogP contribution in [0.25, 0.3) is 0 Å². The van der Waals surface area contributed by atoms with Gasteiger partial charge in [-0.15, -0.1) is 0 Å². The Labute approximate surface area is 121 Å². The lowest BCUT2D eigenvalue weighted by Gasteiger charge is -2.68. The highest BCUT2D eigenvalue weighted by Gasteiger charge is 2.70. The van der Waals surface area contributed by atoms with E-state index >= 15 is 0 Å². The van der Waals surface area contributed by atoms with Crippen LogP contribution in [0.5, 0.6) is 0 Å². The fourth-order valence-electron chi connectivity index (χ4n) is 5.52. The number of fused-ring (bicyclic) bond motifs is 2. The van der Waals surface area contributed by atoms with Crippen molar-refractivity contribution in [2.45, 2.75) is 52.6 Å². The molecular weight excluding hydrogens is 252 g/mol. The third-order valence-corrected chi connectivity index (χ3v) is 6.36. The Balaban J connectivity index is 1.95. The average molecular weight is 278 g/mol. The molecule has 3 nitrogen and oxygen atoms in total. The number of carbonyl (C=O) groups excluding carboxylic acids is 1. The molecule has 4 bridgehead atoms. The van der Waals surface area contributed by atoms with E-state index in [0.29, 0.717) is 29.8 Å². The van der Waals surface area contributed by atoms with Crippen molar-refractivity contribution in [1.82, 2.24) is 0 Å². The van der Waals surface area contributed by atoms with Gasteiger partial charge in [-0.2, -0.15) is 0 Å². The van der Waals surface area contributed by atoms with Crippen molar-refractivity contribution in [2.75, 3.05) is 6.61 Å². The lowest BCUT2D eigenvalue weighted by molar-refractivity contribution is -0.211. The molecule has 20 heavy (non-hydrogen) atoms. The van der Waals surface area contributed by atoms with E-state index in [1.54, 1.807) is 0 Å². The molecular formula is C17H26O3. The molecule has 4 saturated carbocycles. The van der Waals surface area contributed by atoms with E-state index in [2.05, 4.69) is 20.4 Å². The van der Waals surface area contributed by atoms with Crippen LogP contribution in [-0.4, -0.2) is 23.8 Å². The zero-order chi connectivity index (χ0) is 14.7. The molecule has 0 amide bonds. The van der Waals surface area contributed by atoms with Gasteiger partial charge in [-0.25, -0.2) is 0 Å². The first-order valence-corrected chi connectivity index (χ1v) is 7.80. The van der Waals surface area contributed by atoms with Crippen LogP contribution in [0.2, 0.25) is 0 Å². The summed E-state index contributed by atoms with van der Waals surface area (Å²) in [5.41, 5.74) is 1.34. The van der Waals surface area contributed by atoms with E-state index in [-0.39, 0.29) is 17.5 Å². The summed E-state index contributed by atoms with van der Waals surface area (Å²) < 4.78 is 5.40. The first-order chi connectivity index (χ1) is 9.29. The smallest absolute Gasteiger partial charge is 0.302 e. The second-order valence-corrected chi connectivity index (χ2v) is 7.79. The zero-order valence-electron chi connectivity index (χ0n) is 12.8. The molecule has 0 aromatic carbocycles. The van der Waals surface area contributed by atoms with Gasteiger partial charge in [0.05, 0.1) is 12.7 Å². The van der Waals surface area contributed by atoms with Gasteiger partial charge >= 0.3 is 5.97 Å². The molecule has 1 N–H and O–H groups in total. The molecule has 0 radical (unpaired) electrons. The molecule has 5 atom stereocenters. The summed E-state index contributed by atoms with van der Waals surface area (Å²) in [7, 11) is 0. The van der Waals surface area contributed by atoms with Crippen molar-refractivity contribution in [3.8, 4) is 0 Å². The monoisotopic (exact) mass is 278 g/mol. The minimum absolute atomic E-state index is 0.0560. The van der Waals surface area contributed by atoms with Crippen molar-refractivity contribution < 1.29 is 14.6 Å². The Kier molecular flexibility index (Phi) is 3.06. The van der Waals surface area contributed by atoms with E-state index in [1.807, 2.05) is 0 Å². The van der Waals surface area contributed by atoms with Gasteiger partial charge in [-0.05, 0) is 48.0 Å². The van der Waals surface area contributed by atoms with E-state index in [1.165, 1.54) is 19.8 Å². The molecule has 4 fully saturated rings. The molecule has 0 heterocycles. The van der Waals surface area contributed by atoms with Crippen molar-refractivity contribution >= 4 is 5.97 Å². The highest BCUT2D eigenvalue weighted by atomic mass is 16.5. The van der Waals surface area contributed by atoms with Crippen LogP contribution < -0.4 is 0 Å². The number of hydrogen-bond acceptors (Lipinski definition) is 3. The number of hydrogen-bond donors (Lipinski definition) is 1. The maximum atomic E-state index is 11.2. The molecule has 0 spiro atoms. The van der Waals surface area contributed by atoms with Gasteiger partial charge in [0, 0.05) is 12.3 Å². The van der Waals surface area contributed by atoms with E-state index in [9.17, 15) is 9.90 Å². The highest BCUT2D eigenvalue weighted by molar-refractivity contribution is 5.66. The van der Waals surface area contributed by atoms with Gasteiger partial charge in [0.1, 0.15) is 0 Å². The molecule has 0 aromatic heterocycles. The molecule has 1 unspecified atom stereocenters. The lowest BCUT2D eigenvalue weighted by Crippen LogP contribution is -2.67. The predicted molar refractivity (Wildman–Crippen MR) is 76.9 cm³/mol. The summed E-state index contributed by atoms with van der Waals surface area (Å²) in [6.07, 6.45) is 3.93. The van der Waals surface area contributed by atoms with Crippen LogP contribution in [0, 0.1) is 28.6 Å².